The smallest absolute Gasteiger partial charge is 0.257 e. The molecule has 26 heavy (non-hydrogen) atoms. The summed E-state index contributed by atoms with van der Waals surface area (Å²) < 4.78 is 13.8. The maximum absolute atomic E-state index is 13.4. The van der Waals surface area contributed by atoms with E-state index in [4.69, 9.17) is 9.47 Å². The minimum absolute atomic E-state index is 0.127. The van der Waals surface area contributed by atoms with Crippen molar-refractivity contribution >= 4 is 17.2 Å². The van der Waals surface area contributed by atoms with Crippen molar-refractivity contribution in [3.8, 4) is 5.00 Å². The number of nitrogens with zero attached hydrogens (tertiary/aromatic N) is 2. The molecule has 2 aromatic rings. The lowest BCUT2D eigenvalue weighted by molar-refractivity contribution is -0.181. The molecule has 0 saturated carbocycles. The van der Waals surface area contributed by atoms with Gasteiger partial charge in [0.2, 0.25) is 0 Å². The van der Waals surface area contributed by atoms with Gasteiger partial charge >= 0.3 is 0 Å². The maximum atomic E-state index is 13.4. The van der Waals surface area contributed by atoms with Crippen LogP contribution in [0.3, 0.4) is 0 Å². The molecule has 0 aromatic carbocycles. The summed E-state index contributed by atoms with van der Waals surface area (Å²) in [6, 6.07) is 4.21. The largest absolute Gasteiger partial charge is 0.347 e. The molecule has 0 atom stereocenters. The second-order valence-electron chi connectivity index (χ2n) is 7.31. The lowest BCUT2D eigenvalue weighted by atomic mass is 10.0. The van der Waals surface area contributed by atoms with Crippen LogP contribution in [0.1, 0.15) is 45.0 Å². The Kier molecular flexibility index (Phi) is 4.45. The molecule has 0 unspecified atom stereocenters. The first kappa shape index (κ1) is 17.8. The Morgan fingerprint density at radius 3 is 2.19 bits per heavy atom. The lowest BCUT2D eigenvalue weighted by Gasteiger charge is -2.37. The van der Waals surface area contributed by atoms with E-state index in [-0.39, 0.29) is 5.91 Å². The predicted molar refractivity (Wildman–Crippen MR) is 102 cm³/mol. The van der Waals surface area contributed by atoms with Crippen LogP contribution in [-0.2, 0) is 9.47 Å². The topological polar surface area (TPSA) is 43.7 Å². The fraction of sp³-hybridized carbons (Fsp3) is 0.550. The minimum atomic E-state index is -0.452. The SMILES string of the molecule is Cc1sc(-n2c(C)ccc2C)c(C(=O)N2CCC3(CC2)OCCO3)c1C. The van der Waals surface area contributed by atoms with E-state index in [2.05, 4.69) is 44.4 Å². The summed E-state index contributed by atoms with van der Waals surface area (Å²) in [4.78, 5) is 16.6. The zero-order chi connectivity index (χ0) is 18.5. The van der Waals surface area contributed by atoms with Crippen LogP contribution in [0.2, 0.25) is 0 Å². The zero-order valence-electron chi connectivity index (χ0n) is 15.9. The standard InChI is InChI=1S/C20H26N2O3S/c1-13-5-6-14(2)22(13)19-17(15(3)16(4)26-19)18(23)21-9-7-20(8-10-21)24-11-12-25-20/h5-6H,7-12H2,1-4H3. The van der Waals surface area contributed by atoms with Crippen LogP contribution in [0.4, 0.5) is 0 Å². The summed E-state index contributed by atoms with van der Waals surface area (Å²) in [5.74, 6) is -0.325. The van der Waals surface area contributed by atoms with E-state index in [0.717, 1.165) is 40.4 Å². The second-order valence-corrected chi connectivity index (χ2v) is 8.52. The molecule has 2 aliphatic heterocycles. The summed E-state index contributed by atoms with van der Waals surface area (Å²) >= 11 is 1.70. The average Bonchev–Trinajstić information content (AvgIpc) is 3.28. The van der Waals surface area contributed by atoms with Gasteiger partial charge < -0.3 is 18.9 Å². The number of aryl methyl sites for hydroxylation is 3. The van der Waals surface area contributed by atoms with Crippen LogP contribution in [-0.4, -0.2) is 47.5 Å². The van der Waals surface area contributed by atoms with Crippen molar-refractivity contribution in [2.45, 2.75) is 46.3 Å². The predicted octanol–water partition coefficient (Wildman–Crippen LogP) is 3.75. The molecule has 1 spiro atoms. The van der Waals surface area contributed by atoms with Crippen molar-refractivity contribution in [1.82, 2.24) is 9.47 Å². The maximum Gasteiger partial charge on any atom is 0.257 e. The zero-order valence-corrected chi connectivity index (χ0v) is 16.7. The number of carbonyl (C=O) groups is 1. The van der Waals surface area contributed by atoms with E-state index < -0.39 is 5.79 Å². The van der Waals surface area contributed by atoms with Gasteiger partial charge in [-0.05, 0) is 45.4 Å². The Bertz CT molecular complexity index is 816. The van der Waals surface area contributed by atoms with Crippen LogP contribution in [0.5, 0.6) is 0 Å². The molecule has 140 valence electrons. The number of amides is 1. The molecule has 2 aliphatic rings. The van der Waals surface area contributed by atoms with Crippen LogP contribution in [0, 0.1) is 27.7 Å². The van der Waals surface area contributed by atoms with Gasteiger partial charge in [-0.1, -0.05) is 0 Å². The highest BCUT2D eigenvalue weighted by molar-refractivity contribution is 7.15. The highest BCUT2D eigenvalue weighted by atomic mass is 32.1. The summed E-state index contributed by atoms with van der Waals surface area (Å²) in [5.41, 5.74) is 4.25. The molecule has 0 N–H and O–H groups in total. The average molecular weight is 375 g/mol. The first-order chi connectivity index (χ1) is 12.4. The van der Waals surface area contributed by atoms with E-state index >= 15 is 0 Å². The molecule has 0 aliphatic carbocycles. The van der Waals surface area contributed by atoms with Gasteiger partial charge in [-0.2, -0.15) is 0 Å². The fourth-order valence-corrected chi connectivity index (χ4v) is 5.27. The van der Waals surface area contributed by atoms with E-state index in [1.807, 2.05) is 4.90 Å². The lowest BCUT2D eigenvalue weighted by Crippen LogP contribution is -2.47. The highest BCUT2D eigenvalue weighted by Gasteiger charge is 2.41. The van der Waals surface area contributed by atoms with Gasteiger partial charge in [-0.3, -0.25) is 4.79 Å². The summed E-state index contributed by atoms with van der Waals surface area (Å²) in [7, 11) is 0. The quantitative estimate of drug-likeness (QED) is 0.804. The molecule has 6 heteroatoms. The minimum Gasteiger partial charge on any atom is -0.347 e. The molecule has 0 radical (unpaired) electrons. The van der Waals surface area contributed by atoms with Gasteiger partial charge in [-0.15, -0.1) is 11.3 Å². The molecule has 5 nitrogen and oxygen atoms in total. The van der Waals surface area contributed by atoms with Crippen molar-refractivity contribution < 1.29 is 14.3 Å². The van der Waals surface area contributed by atoms with Crippen LogP contribution >= 0.6 is 11.3 Å². The Morgan fingerprint density at radius 2 is 1.62 bits per heavy atom. The normalized spacial score (nSPS) is 19.5. The fourth-order valence-electron chi connectivity index (χ4n) is 4.00. The molecule has 1 amide bonds. The van der Waals surface area contributed by atoms with Crippen molar-refractivity contribution in [2.75, 3.05) is 26.3 Å². The Morgan fingerprint density at radius 1 is 1.04 bits per heavy atom. The monoisotopic (exact) mass is 374 g/mol. The Labute approximate surface area is 158 Å². The molecule has 0 bridgehead atoms. The van der Waals surface area contributed by atoms with Crippen molar-refractivity contribution in [2.24, 2.45) is 0 Å². The number of hydrogen-bond donors (Lipinski definition) is 0. The number of hydrogen-bond acceptors (Lipinski definition) is 4. The molecular weight excluding hydrogens is 348 g/mol. The number of rotatable bonds is 2. The number of ether oxygens (including phenoxy) is 2. The molecule has 4 rings (SSSR count). The van der Waals surface area contributed by atoms with Crippen molar-refractivity contribution in [3.63, 3.8) is 0 Å². The first-order valence-corrected chi connectivity index (χ1v) is 10.1. The number of carbonyl (C=O) groups excluding carboxylic acids is 1. The van der Waals surface area contributed by atoms with Crippen LogP contribution < -0.4 is 0 Å². The third kappa shape index (κ3) is 2.80. The van der Waals surface area contributed by atoms with Gasteiger partial charge in [0.25, 0.3) is 5.91 Å². The van der Waals surface area contributed by atoms with E-state index in [1.54, 1.807) is 11.3 Å². The molecule has 2 saturated heterocycles. The third-order valence-electron chi connectivity index (χ3n) is 5.68. The first-order valence-electron chi connectivity index (χ1n) is 9.24. The summed E-state index contributed by atoms with van der Waals surface area (Å²) in [5, 5.41) is 1.04. The van der Waals surface area contributed by atoms with Gasteiger partial charge in [0, 0.05) is 42.2 Å². The molecule has 2 aromatic heterocycles. The molecule has 2 fully saturated rings. The number of piperidine rings is 1. The van der Waals surface area contributed by atoms with Crippen molar-refractivity contribution in [3.05, 3.63) is 39.5 Å². The van der Waals surface area contributed by atoms with Crippen LogP contribution in [0.25, 0.3) is 5.00 Å². The number of aromatic nitrogens is 1. The third-order valence-corrected chi connectivity index (χ3v) is 6.87. The molecule has 4 heterocycles. The van der Waals surface area contributed by atoms with Gasteiger partial charge in [0.15, 0.2) is 5.79 Å². The van der Waals surface area contributed by atoms with E-state index in [0.29, 0.717) is 26.3 Å². The summed E-state index contributed by atoms with van der Waals surface area (Å²) in [6.07, 6.45) is 1.50. The molecular formula is C20H26N2O3S. The second kappa shape index (κ2) is 6.51. The number of thiophene rings is 1. The highest BCUT2D eigenvalue weighted by Crippen LogP contribution is 2.36. The Hall–Kier alpha value is -1.63. The van der Waals surface area contributed by atoms with Crippen molar-refractivity contribution in [1.29, 1.82) is 0 Å². The van der Waals surface area contributed by atoms with E-state index in [9.17, 15) is 4.79 Å². The van der Waals surface area contributed by atoms with Crippen LogP contribution in [0.15, 0.2) is 12.1 Å². The van der Waals surface area contributed by atoms with Gasteiger partial charge in [0.1, 0.15) is 5.00 Å². The van der Waals surface area contributed by atoms with Gasteiger partial charge in [0.05, 0.1) is 18.8 Å². The van der Waals surface area contributed by atoms with Gasteiger partial charge in [-0.25, -0.2) is 0 Å². The Balaban J connectivity index is 1.65. The number of likely N-dealkylation sites (tertiary alicyclic amines) is 1. The van der Waals surface area contributed by atoms with E-state index in [1.165, 1.54) is 4.88 Å². The summed E-state index contributed by atoms with van der Waals surface area (Å²) in [6.45, 7) is 11.0.